The number of rotatable bonds is 3. The van der Waals surface area contributed by atoms with Crippen LogP contribution in [0.5, 0.6) is 0 Å². The van der Waals surface area contributed by atoms with Gasteiger partial charge in [-0.15, -0.1) is 0 Å². The van der Waals surface area contributed by atoms with Crippen molar-refractivity contribution in [3.8, 4) is 11.3 Å². The van der Waals surface area contributed by atoms with E-state index in [1.54, 1.807) is 20.8 Å². The fourth-order valence-electron chi connectivity index (χ4n) is 5.32. The number of fused-ring (bicyclic) bond motifs is 2. The molecule has 5 rings (SSSR count). The van der Waals surface area contributed by atoms with E-state index in [1.807, 2.05) is 36.4 Å². The Kier molecular flexibility index (Phi) is 5.04. The summed E-state index contributed by atoms with van der Waals surface area (Å²) in [6, 6.07) is 15.9. The van der Waals surface area contributed by atoms with E-state index in [4.69, 9.17) is 9.15 Å². The largest absolute Gasteiger partial charge is 0.461 e. The summed E-state index contributed by atoms with van der Waals surface area (Å²) in [6.07, 6.45) is 2.33. The predicted molar refractivity (Wildman–Crippen MR) is 123 cm³/mol. The van der Waals surface area contributed by atoms with Gasteiger partial charge in [0.1, 0.15) is 28.4 Å². The lowest BCUT2D eigenvalue weighted by molar-refractivity contribution is -0.165. The van der Waals surface area contributed by atoms with Crippen LogP contribution in [-0.2, 0) is 22.4 Å². The zero-order valence-corrected chi connectivity index (χ0v) is 19.1. The number of halogens is 1. The molecule has 0 N–H and O–H groups in total. The fraction of sp³-hybridized carbons (Fsp3) is 0.357. The Morgan fingerprint density at radius 1 is 1.12 bits per heavy atom. The van der Waals surface area contributed by atoms with Crippen LogP contribution in [0.4, 0.5) is 4.39 Å². The molecule has 2 aliphatic carbocycles. The lowest BCUT2D eigenvalue weighted by atomic mass is 9.65. The minimum Gasteiger partial charge on any atom is -0.461 e. The Bertz CT molecular complexity index is 1230. The third-order valence-corrected chi connectivity index (χ3v) is 6.72. The summed E-state index contributed by atoms with van der Waals surface area (Å²) < 4.78 is 26.1. The van der Waals surface area contributed by atoms with Crippen molar-refractivity contribution >= 4 is 11.8 Å². The average Bonchev–Trinajstić information content (AvgIpc) is 3.33. The Balaban J connectivity index is 1.65. The second-order valence-corrected chi connectivity index (χ2v) is 10.1. The normalized spacial score (nSPS) is 22.1. The van der Waals surface area contributed by atoms with E-state index in [1.165, 1.54) is 18.2 Å². The van der Waals surface area contributed by atoms with Gasteiger partial charge < -0.3 is 9.15 Å². The summed E-state index contributed by atoms with van der Waals surface area (Å²) in [5, 5.41) is 0. The molecule has 5 heteroatoms. The number of aryl methyl sites for hydroxylation is 1. The molecule has 2 aliphatic rings. The van der Waals surface area contributed by atoms with Crippen molar-refractivity contribution in [1.82, 2.24) is 0 Å². The van der Waals surface area contributed by atoms with Gasteiger partial charge in [-0.05, 0) is 75.4 Å². The van der Waals surface area contributed by atoms with Gasteiger partial charge in [-0.2, -0.15) is 0 Å². The second-order valence-electron chi connectivity index (χ2n) is 10.1. The zero-order chi connectivity index (χ0) is 23.4. The highest BCUT2D eigenvalue weighted by Crippen LogP contribution is 2.54. The van der Waals surface area contributed by atoms with Crippen molar-refractivity contribution < 1.29 is 23.1 Å². The van der Waals surface area contributed by atoms with Crippen molar-refractivity contribution in [2.45, 2.75) is 58.0 Å². The smallest absolute Gasteiger partial charge is 0.321 e. The second kappa shape index (κ2) is 7.68. The molecule has 2 aromatic carbocycles. The van der Waals surface area contributed by atoms with Crippen LogP contribution in [0.15, 0.2) is 59.0 Å². The van der Waals surface area contributed by atoms with Crippen LogP contribution in [-0.4, -0.2) is 17.4 Å². The molecule has 0 saturated heterocycles. The predicted octanol–water partition coefficient (Wildman–Crippen LogP) is 6.27. The first-order valence-electron chi connectivity index (χ1n) is 11.4. The molecule has 0 saturated carbocycles. The van der Waals surface area contributed by atoms with E-state index in [0.29, 0.717) is 17.5 Å². The number of ether oxygens (including phenoxy) is 1. The molecule has 3 aromatic rings. The maximum Gasteiger partial charge on any atom is 0.321 e. The quantitative estimate of drug-likeness (QED) is 0.351. The first-order chi connectivity index (χ1) is 15.7. The van der Waals surface area contributed by atoms with Crippen LogP contribution in [0.2, 0.25) is 0 Å². The molecule has 0 fully saturated rings. The van der Waals surface area contributed by atoms with E-state index < -0.39 is 28.7 Å². The van der Waals surface area contributed by atoms with Crippen molar-refractivity contribution in [2.75, 3.05) is 0 Å². The average molecular weight is 447 g/mol. The van der Waals surface area contributed by atoms with Gasteiger partial charge in [0.15, 0.2) is 5.78 Å². The number of furan rings is 1. The molecule has 33 heavy (non-hydrogen) atoms. The Morgan fingerprint density at radius 2 is 1.88 bits per heavy atom. The van der Waals surface area contributed by atoms with Gasteiger partial charge in [0, 0.05) is 23.5 Å². The molecule has 1 heterocycles. The molecule has 4 nitrogen and oxygen atoms in total. The molecule has 0 bridgehead atoms. The molecule has 1 aromatic heterocycles. The van der Waals surface area contributed by atoms with Crippen LogP contribution < -0.4 is 0 Å². The molecular formula is C28H27FO4. The van der Waals surface area contributed by atoms with E-state index in [0.717, 1.165) is 35.5 Å². The Morgan fingerprint density at radius 3 is 2.61 bits per heavy atom. The topological polar surface area (TPSA) is 56.5 Å². The molecule has 0 radical (unpaired) electrons. The van der Waals surface area contributed by atoms with Crippen LogP contribution in [0.1, 0.15) is 66.8 Å². The van der Waals surface area contributed by atoms with Crippen LogP contribution in [0.3, 0.4) is 0 Å². The van der Waals surface area contributed by atoms with Gasteiger partial charge in [0.05, 0.1) is 0 Å². The van der Waals surface area contributed by atoms with Crippen molar-refractivity contribution in [2.24, 2.45) is 5.41 Å². The van der Waals surface area contributed by atoms with Crippen LogP contribution in [0, 0.1) is 11.2 Å². The summed E-state index contributed by atoms with van der Waals surface area (Å²) in [5.74, 6) is -0.117. The van der Waals surface area contributed by atoms with Gasteiger partial charge in [-0.3, -0.25) is 9.59 Å². The number of Topliss-reactive ketones (excluding diaryl/α,β-unsaturated/α-hetero) is 1. The number of esters is 1. The van der Waals surface area contributed by atoms with Gasteiger partial charge in [0.25, 0.3) is 0 Å². The summed E-state index contributed by atoms with van der Waals surface area (Å²) in [6.45, 7) is 5.38. The van der Waals surface area contributed by atoms with Gasteiger partial charge in [-0.25, -0.2) is 4.39 Å². The first kappa shape index (κ1) is 21.6. The molecule has 170 valence electrons. The highest BCUT2D eigenvalue weighted by molar-refractivity contribution is 6.17. The summed E-state index contributed by atoms with van der Waals surface area (Å²) >= 11 is 0. The third kappa shape index (κ3) is 3.60. The Hall–Kier alpha value is -3.21. The van der Waals surface area contributed by atoms with E-state index in [-0.39, 0.29) is 12.2 Å². The molecule has 0 amide bonds. The Labute approximate surface area is 192 Å². The number of hydrogen-bond acceptors (Lipinski definition) is 4. The molecule has 0 unspecified atom stereocenters. The number of carbonyl (C=O) groups excluding carboxylic acids is 2. The number of hydrogen-bond donors (Lipinski definition) is 0. The molecule has 0 aliphatic heterocycles. The van der Waals surface area contributed by atoms with Gasteiger partial charge in [0.2, 0.25) is 0 Å². The van der Waals surface area contributed by atoms with Crippen molar-refractivity contribution in [1.29, 1.82) is 0 Å². The molecule has 0 spiro atoms. The minimum absolute atomic E-state index is 0.129. The van der Waals surface area contributed by atoms with Gasteiger partial charge in [-0.1, -0.05) is 30.3 Å². The highest BCUT2D eigenvalue weighted by Gasteiger charge is 2.59. The lowest BCUT2D eigenvalue weighted by Gasteiger charge is -2.37. The molecular weight excluding hydrogens is 419 g/mol. The summed E-state index contributed by atoms with van der Waals surface area (Å²) in [5.41, 5.74) is 0.600. The number of ketones is 1. The maximum absolute atomic E-state index is 14.0. The number of carbonyl (C=O) groups is 2. The van der Waals surface area contributed by atoms with Gasteiger partial charge >= 0.3 is 5.97 Å². The SMILES string of the molecule is CC(C)(C)OC(=O)[C@]1([C@@H]2CCCc3oc(-c4ccccc4)cc32)Cc2cc(F)ccc2C1=O. The fourth-order valence-corrected chi connectivity index (χ4v) is 5.32. The van der Waals surface area contributed by atoms with Crippen LogP contribution >= 0.6 is 0 Å². The summed E-state index contributed by atoms with van der Waals surface area (Å²) in [7, 11) is 0. The van der Waals surface area contributed by atoms with E-state index in [9.17, 15) is 14.0 Å². The monoisotopic (exact) mass is 446 g/mol. The highest BCUT2D eigenvalue weighted by atomic mass is 19.1. The standard InChI is InChI=1S/C28H27FO4/c1-27(2,3)33-26(31)28(16-18-14-19(29)12-13-20(18)25(28)30)22-10-7-11-23-21(22)15-24(32-23)17-8-5-4-6-9-17/h4-6,8-9,12-15,22H,7,10-11,16H2,1-3H3/t22-,28+/m1/s1. The van der Waals surface area contributed by atoms with E-state index in [2.05, 4.69) is 0 Å². The summed E-state index contributed by atoms with van der Waals surface area (Å²) in [4.78, 5) is 27.7. The van der Waals surface area contributed by atoms with Crippen LogP contribution in [0.25, 0.3) is 11.3 Å². The zero-order valence-electron chi connectivity index (χ0n) is 19.1. The first-order valence-corrected chi connectivity index (χ1v) is 11.4. The maximum atomic E-state index is 14.0. The molecule has 2 atom stereocenters. The third-order valence-electron chi connectivity index (χ3n) is 6.72. The van der Waals surface area contributed by atoms with Crippen molar-refractivity contribution in [3.63, 3.8) is 0 Å². The lowest BCUT2D eigenvalue weighted by Crippen LogP contribution is -2.47. The van der Waals surface area contributed by atoms with E-state index >= 15 is 0 Å². The van der Waals surface area contributed by atoms with Crippen molar-refractivity contribution in [3.05, 3.63) is 82.9 Å². The number of benzene rings is 2. The minimum atomic E-state index is -1.43.